The van der Waals surface area contributed by atoms with Crippen LogP contribution in [0.25, 0.3) is 0 Å². The maximum atomic E-state index is 8.15. The van der Waals surface area contributed by atoms with Crippen molar-refractivity contribution < 1.29 is 0 Å². The molecule has 4 heteroatoms. The topological polar surface area (TPSA) is 51.2 Å². The molecule has 20 heavy (non-hydrogen) atoms. The Morgan fingerprint density at radius 3 is 2.15 bits per heavy atom. The van der Waals surface area contributed by atoms with E-state index in [4.69, 9.17) is 5.41 Å². The zero-order valence-electron chi connectivity index (χ0n) is 13.0. The van der Waals surface area contributed by atoms with Crippen LogP contribution in [-0.2, 0) is 0 Å². The first-order valence-electron chi connectivity index (χ1n) is 7.29. The van der Waals surface area contributed by atoms with E-state index < -0.39 is 0 Å². The molecule has 1 heterocycles. The van der Waals surface area contributed by atoms with Crippen molar-refractivity contribution in [3.05, 3.63) is 30.3 Å². The summed E-state index contributed by atoms with van der Waals surface area (Å²) in [6.45, 7) is 8.93. The lowest BCUT2D eigenvalue weighted by atomic mass is 9.82. The Bertz CT molecular complexity index is 449. The maximum Gasteiger partial charge on any atom is 0.207 e. The van der Waals surface area contributed by atoms with Crippen LogP contribution >= 0.6 is 0 Å². The highest BCUT2D eigenvalue weighted by atomic mass is 15.6. The molecule has 0 aromatic heterocycles. The SMILES string of the molecule is CC1(C)CCCC(C)(C)N1NC(=N)Nc1ccccc1. The Balaban J connectivity index is 2.05. The van der Waals surface area contributed by atoms with Crippen LogP contribution in [0.4, 0.5) is 5.69 Å². The molecule has 1 fully saturated rings. The molecule has 0 spiro atoms. The van der Waals surface area contributed by atoms with Crippen molar-refractivity contribution in [1.82, 2.24) is 10.4 Å². The summed E-state index contributed by atoms with van der Waals surface area (Å²) in [5, 5.41) is 13.5. The van der Waals surface area contributed by atoms with Crippen LogP contribution in [-0.4, -0.2) is 22.0 Å². The van der Waals surface area contributed by atoms with E-state index in [-0.39, 0.29) is 11.1 Å². The van der Waals surface area contributed by atoms with Crippen LogP contribution in [0.5, 0.6) is 0 Å². The number of nitrogens with zero attached hydrogens (tertiary/aromatic N) is 1. The fourth-order valence-electron chi connectivity index (χ4n) is 3.10. The van der Waals surface area contributed by atoms with Crippen LogP contribution in [0, 0.1) is 5.41 Å². The third-order valence-electron chi connectivity index (χ3n) is 4.05. The highest BCUT2D eigenvalue weighted by Gasteiger charge is 2.41. The largest absolute Gasteiger partial charge is 0.325 e. The lowest BCUT2D eigenvalue weighted by Gasteiger charge is -2.52. The van der Waals surface area contributed by atoms with Crippen molar-refractivity contribution in [2.45, 2.75) is 58.0 Å². The van der Waals surface area contributed by atoms with E-state index in [1.807, 2.05) is 30.3 Å². The van der Waals surface area contributed by atoms with Crippen LogP contribution in [0.2, 0.25) is 0 Å². The van der Waals surface area contributed by atoms with Crippen molar-refractivity contribution in [2.75, 3.05) is 5.32 Å². The minimum atomic E-state index is 0.0480. The lowest BCUT2D eigenvalue weighted by molar-refractivity contribution is -0.0511. The van der Waals surface area contributed by atoms with Gasteiger partial charge in [-0.3, -0.25) is 10.8 Å². The molecule has 0 aliphatic carbocycles. The van der Waals surface area contributed by atoms with Gasteiger partial charge in [-0.25, -0.2) is 5.01 Å². The van der Waals surface area contributed by atoms with Gasteiger partial charge in [0.2, 0.25) is 5.96 Å². The molecule has 110 valence electrons. The van der Waals surface area contributed by atoms with Gasteiger partial charge in [0.15, 0.2) is 0 Å². The lowest BCUT2D eigenvalue weighted by Crippen LogP contribution is -2.66. The Morgan fingerprint density at radius 1 is 1.05 bits per heavy atom. The molecule has 0 bridgehead atoms. The summed E-state index contributed by atoms with van der Waals surface area (Å²) < 4.78 is 0. The molecule has 0 amide bonds. The van der Waals surface area contributed by atoms with Gasteiger partial charge in [0.1, 0.15) is 0 Å². The second-order valence-electron chi connectivity index (χ2n) is 6.79. The zero-order chi connectivity index (χ0) is 14.8. The van der Waals surface area contributed by atoms with E-state index in [2.05, 4.69) is 43.4 Å². The predicted molar refractivity (Wildman–Crippen MR) is 84.8 cm³/mol. The molecule has 0 atom stereocenters. The number of anilines is 1. The molecule has 1 aromatic carbocycles. The van der Waals surface area contributed by atoms with Gasteiger partial charge in [-0.05, 0) is 59.1 Å². The fraction of sp³-hybridized carbons (Fsp3) is 0.562. The molecular formula is C16H26N4. The van der Waals surface area contributed by atoms with Crippen molar-refractivity contribution >= 4 is 11.6 Å². The quantitative estimate of drug-likeness (QED) is 0.570. The average Bonchev–Trinajstić information content (AvgIpc) is 2.35. The van der Waals surface area contributed by atoms with Gasteiger partial charge in [-0.2, -0.15) is 0 Å². The number of piperidine rings is 1. The Morgan fingerprint density at radius 2 is 1.60 bits per heavy atom. The Labute approximate surface area is 122 Å². The highest BCUT2D eigenvalue weighted by Crippen LogP contribution is 2.36. The first kappa shape index (κ1) is 14.9. The van der Waals surface area contributed by atoms with Gasteiger partial charge >= 0.3 is 0 Å². The van der Waals surface area contributed by atoms with E-state index in [9.17, 15) is 0 Å². The third kappa shape index (κ3) is 3.31. The number of benzene rings is 1. The molecule has 0 unspecified atom stereocenters. The zero-order valence-corrected chi connectivity index (χ0v) is 13.0. The van der Waals surface area contributed by atoms with Crippen LogP contribution in [0.15, 0.2) is 30.3 Å². The average molecular weight is 274 g/mol. The minimum absolute atomic E-state index is 0.0480. The highest BCUT2D eigenvalue weighted by molar-refractivity contribution is 5.90. The number of para-hydroxylation sites is 1. The molecule has 0 saturated carbocycles. The van der Waals surface area contributed by atoms with E-state index in [1.165, 1.54) is 6.42 Å². The van der Waals surface area contributed by atoms with Gasteiger partial charge < -0.3 is 5.32 Å². The number of hydrogen-bond donors (Lipinski definition) is 3. The minimum Gasteiger partial charge on any atom is -0.325 e. The maximum absolute atomic E-state index is 8.15. The summed E-state index contributed by atoms with van der Waals surface area (Å²) in [4.78, 5) is 0. The number of hydrazine groups is 1. The molecule has 1 saturated heterocycles. The standard InChI is InChI=1S/C16H26N4/c1-15(2)11-8-12-16(3,4)20(15)19-14(17)18-13-9-6-5-7-10-13/h5-7,9-10H,8,11-12H2,1-4H3,(H3,17,18,19). The first-order chi connectivity index (χ1) is 9.31. The predicted octanol–water partition coefficient (Wildman–Crippen LogP) is 3.58. The normalized spacial score (nSPS) is 21.2. The Kier molecular flexibility index (Phi) is 4.04. The Hall–Kier alpha value is -1.55. The number of guanidine groups is 1. The molecule has 0 radical (unpaired) electrons. The summed E-state index contributed by atoms with van der Waals surface area (Å²) in [7, 11) is 0. The van der Waals surface area contributed by atoms with E-state index in [1.54, 1.807) is 0 Å². The third-order valence-corrected chi connectivity index (χ3v) is 4.05. The molecule has 2 rings (SSSR count). The molecule has 4 nitrogen and oxygen atoms in total. The second-order valence-corrected chi connectivity index (χ2v) is 6.79. The van der Waals surface area contributed by atoms with Crippen molar-refractivity contribution in [2.24, 2.45) is 0 Å². The van der Waals surface area contributed by atoms with Crippen LogP contribution < -0.4 is 10.7 Å². The number of nitrogens with one attached hydrogen (secondary N) is 3. The monoisotopic (exact) mass is 274 g/mol. The van der Waals surface area contributed by atoms with Gasteiger partial charge in [-0.1, -0.05) is 18.2 Å². The molecule has 1 aliphatic rings. The van der Waals surface area contributed by atoms with Crippen molar-refractivity contribution in [3.8, 4) is 0 Å². The summed E-state index contributed by atoms with van der Waals surface area (Å²) in [6, 6.07) is 9.82. The smallest absolute Gasteiger partial charge is 0.207 e. The molecule has 1 aliphatic heterocycles. The number of rotatable bonds is 2. The number of hydrogen-bond acceptors (Lipinski definition) is 2. The molecule has 1 aromatic rings. The summed E-state index contributed by atoms with van der Waals surface area (Å²) in [6.07, 6.45) is 3.52. The summed E-state index contributed by atoms with van der Waals surface area (Å²) >= 11 is 0. The fourth-order valence-corrected chi connectivity index (χ4v) is 3.10. The van der Waals surface area contributed by atoms with E-state index in [0.717, 1.165) is 18.5 Å². The van der Waals surface area contributed by atoms with Crippen molar-refractivity contribution in [3.63, 3.8) is 0 Å². The first-order valence-corrected chi connectivity index (χ1v) is 7.29. The summed E-state index contributed by atoms with van der Waals surface area (Å²) in [5.74, 6) is 0.319. The van der Waals surface area contributed by atoms with Gasteiger partial charge in [0, 0.05) is 16.8 Å². The van der Waals surface area contributed by atoms with Gasteiger partial charge in [0.05, 0.1) is 0 Å². The summed E-state index contributed by atoms with van der Waals surface area (Å²) in [5.41, 5.74) is 4.28. The van der Waals surface area contributed by atoms with E-state index in [0.29, 0.717) is 5.96 Å². The second kappa shape index (κ2) is 5.44. The van der Waals surface area contributed by atoms with Crippen LogP contribution in [0.1, 0.15) is 47.0 Å². The molecular weight excluding hydrogens is 248 g/mol. The van der Waals surface area contributed by atoms with Gasteiger partial charge in [-0.15, -0.1) is 0 Å². The molecule has 3 N–H and O–H groups in total. The van der Waals surface area contributed by atoms with E-state index >= 15 is 0 Å². The van der Waals surface area contributed by atoms with Gasteiger partial charge in [0.25, 0.3) is 0 Å². The van der Waals surface area contributed by atoms with Crippen molar-refractivity contribution in [1.29, 1.82) is 5.41 Å². The van der Waals surface area contributed by atoms with Crippen LogP contribution in [0.3, 0.4) is 0 Å².